The first-order valence-corrected chi connectivity index (χ1v) is 8.65. The second-order valence-electron chi connectivity index (χ2n) is 5.74. The SMILES string of the molecule is CSN1CCc2cc(CN3CCCCC3)ccc2C1. The third kappa shape index (κ3) is 3.33. The summed E-state index contributed by atoms with van der Waals surface area (Å²) < 4.78 is 2.45. The molecule has 0 radical (unpaired) electrons. The predicted octanol–water partition coefficient (Wildman–Crippen LogP) is 3.31. The van der Waals surface area contributed by atoms with Crippen LogP contribution in [0.2, 0.25) is 0 Å². The summed E-state index contributed by atoms with van der Waals surface area (Å²) in [5.41, 5.74) is 4.63. The van der Waals surface area contributed by atoms with Gasteiger partial charge >= 0.3 is 0 Å². The smallest absolute Gasteiger partial charge is 0.0343 e. The van der Waals surface area contributed by atoms with Crippen molar-refractivity contribution in [2.24, 2.45) is 0 Å². The van der Waals surface area contributed by atoms with Gasteiger partial charge in [0, 0.05) is 19.6 Å². The normalized spacial score (nSPS) is 21.3. The van der Waals surface area contributed by atoms with Crippen LogP contribution in [-0.2, 0) is 19.5 Å². The maximum atomic E-state index is 2.61. The van der Waals surface area contributed by atoms with Gasteiger partial charge in [0.05, 0.1) is 0 Å². The van der Waals surface area contributed by atoms with Crippen LogP contribution in [0.3, 0.4) is 0 Å². The van der Waals surface area contributed by atoms with Gasteiger partial charge in [-0.05, 0) is 55.3 Å². The Morgan fingerprint density at radius 2 is 1.89 bits per heavy atom. The molecule has 2 aliphatic rings. The Hall–Kier alpha value is -0.510. The Morgan fingerprint density at radius 3 is 2.68 bits per heavy atom. The number of hydrogen-bond donors (Lipinski definition) is 0. The number of likely N-dealkylation sites (tertiary alicyclic amines) is 1. The topological polar surface area (TPSA) is 6.48 Å². The van der Waals surface area contributed by atoms with Gasteiger partial charge in [-0.1, -0.05) is 36.6 Å². The van der Waals surface area contributed by atoms with Crippen molar-refractivity contribution in [1.82, 2.24) is 9.21 Å². The van der Waals surface area contributed by atoms with Crippen molar-refractivity contribution in [3.63, 3.8) is 0 Å². The average Bonchev–Trinajstić information content (AvgIpc) is 2.48. The Labute approximate surface area is 121 Å². The molecule has 1 aromatic rings. The molecule has 1 saturated heterocycles. The van der Waals surface area contributed by atoms with E-state index < -0.39 is 0 Å². The van der Waals surface area contributed by atoms with Crippen LogP contribution in [-0.4, -0.2) is 35.1 Å². The fraction of sp³-hybridized carbons (Fsp3) is 0.625. The quantitative estimate of drug-likeness (QED) is 0.782. The summed E-state index contributed by atoms with van der Waals surface area (Å²) >= 11 is 1.87. The maximum absolute atomic E-state index is 2.61. The lowest BCUT2D eigenvalue weighted by molar-refractivity contribution is 0.221. The lowest BCUT2D eigenvalue weighted by atomic mass is 9.98. The van der Waals surface area contributed by atoms with Crippen LogP contribution >= 0.6 is 11.9 Å². The molecule has 0 aromatic heterocycles. The zero-order valence-electron chi connectivity index (χ0n) is 11.9. The third-order valence-corrected chi connectivity index (χ3v) is 5.19. The van der Waals surface area contributed by atoms with E-state index in [1.807, 2.05) is 11.9 Å². The van der Waals surface area contributed by atoms with Crippen molar-refractivity contribution >= 4 is 11.9 Å². The molecule has 19 heavy (non-hydrogen) atoms. The summed E-state index contributed by atoms with van der Waals surface area (Å²) in [6, 6.07) is 7.16. The number of piperidine rings is 1. The van der Waals surface area contributed by atoms with Crippen molar-refractivity contribution in [3.05, 3.63) is 34.9 Å². The first-order chi connectivity index (χ1) is 9.35. The van der Waals surface area contributed by atoms with Gasteiger partial charge in [0.2, 0.25) is 0 Å². The summed E-state index contributed by atoms with van der Waals surface area (Å²) in [7, 11) is 0. The minimum atomic E-state index is 1.11. The number of benzene rings is 1. The van der Waals surface area contributed by atoms with Crippen molar-refractivity contribution in [2.75, 3.05) is 25.9 Å². The molecule has 2 nitrogen and oxygen atoms in total. The average molecular weight is 276 g/mol. The lowest BCUT2D eigenvalue weighted by Crippen LogP contribution is -2.29. The van der Waals surface area contributed by atoms with Gasteiger partial charge in [-0.15, -0.1) is 0 Å². The van der Waals surface area contributed by atoms with Gasteiger partial charge in [-0.2, -0.15) is 0 Å². The predicted molar refractivity (Wildman–Crippen MR) is 83.2 cm³/mol. The van der Waals surface area contributed by atoms with Crippen LogP contribution in [0.15, 0.2) is 18.2 Å². The van der Waals surface area contributed by atoms with E-state index in [2.05, 4.69) is 33.7 Å². The monoisotopic (exact) mass is 276 g/mol. The van der Waals surface area contributed by atoms with Crippen molar-refractivity contribution < 1.29 is 0 Å². The highest BCUT2D eigenvalue weighted by Crippen LogP contribution is 2.24. The zero-order chi connectivity index (χ0) is 13.1. The summed E-state index contributed by atoms with van der Waals surface area (Å²) in [4.78, 5) is 2.61. The van der Waals surface area contributed by atoms with E-state index in [0.29, 0.717) is 0 Å². The zero-order valence-corrected chi connectivity index (χ0v) is 12.7. The molecule has 0 saturated carbocycles. The Kier molecular flexibility index (Phi) is 4.46. The summed E-state index contributed by atoms with van der Waals surface area (Å²) in [5, 5.41) is 0. The molecule has 2 aliphatic heterocycles. The summed E-state index contributed by atoms with van der Waals surface area (Å²) in [6.45, 7) is 6.04. The van der Waals surface area contributed by atoms with Gasteiger partial charge in [-0.25, -0.2) is 4.31 Å². The Bertz CT molecular complexity index is 427. The van der Waals surface area contributed by atoms with E-state index in [-0.39, 0.29) is 0 Å². The molecule has 3 rings (SSSR count). The first kappa shape index (κ1) is 13.5. The lowest BCUT2D eigenvalue weighted by Gasteiger charge is -2.29. The fourth-order valence-electron chi connectivity index (χ4n) is 3.21. The van der Waals surface area contributed by atoms with Crippen LogP contribution in [0.25, 0.3) is 0 Å². The van der Waals surface area contributed by atoms with Crippen LogP contribution in [0.4, 0.5) is 0 Å². The molecule has 3 heteroatoms. The molecule has 0 amide bonds. The van der Waals surface area contributed by atoms with E-state index in [9.17, 15) is 0 Å². The molecule has 2 heterocycles. The maximum Gasteiger partial charge on any atom is 0.0343 e. The standard InChI is InChI=1S/C16H24N2S/c1-19-18-10-7-15-11-14(5-6-16(15)13-18)12-17-8-3-2-4-9-17/h5-6,11H,2-4,7-10,12-13H2,1H3. The molecule has 104 valence electrons. The van der Waals surface area contributed by atoms with Crippen molar-refractivity contribution in [3.8, 4) is 0 Å². The largest absolute Gasteiger partial charge is 0.299 e. The van der Waals surface area contributed by atoms with Gasteiger partial charge in [0.15, 0.2) is 0 Å². The molecule has 0 atom stereocenters. The molecule has 0 N–H and O–H groups in total. The van der Waals surface area contributed by atoms with Gasteiger partial charge in [-0.3, -0.25) is 4.90 Å². The third-order valence-electron chi connectivity index (χ3n) is 4.36. The number of fused-ring (bicyclic) bond motifs is 1. The minimum absolute atomic E-state index is 1.11. The van der Waals surface area contributed by atoms with Gasteiger partial charge in [0.1, 0.15) is 0 Å². The highest BCUT2D eigenvalue weighted by Gasteiger charge is 2.16. The second kappa shape index (κ2) is 6.29. The Morgan fingerprint density at radius 1 is 1.05 bits per heavy atom. The first-order valence-electron chi connectivity index (χ1n) is 7.47. The molecule has 1 aromatic carbocycles. The molecular formula is C16H24N2S. The number of nitrogens with zero attached hydrogens (tertiary/aromatic N) is 2. The van der Waals surface area contributed by atoms with Crippen molar-refractivity contribution in [2.45, 2.75) is 38.8 Å². The molecule has 0 aliphatic carbocycles. The second-order valence-corrected chi connectivity index (χ2v) is 6.62. The van der Waals surface area contributed by atoms with Crippen LogP contribution in [0.1, 0.15) is 36.0 Å². The van der Waals surface area contributed by atoms with Crippen molar-refractivity contribution in [1.29, 1.82) is 0 Å². The van der Waals surface area contributed by atoms with Crippen LogP contribution in [0.5, 0.6) is 0 Å². The van der Waals surface area contributed by atoms with Crippen LogP contribution in [0, 0.1) is 0 Å². The number of hydrogen-bond acceptors (Lipinski definition) is 3. The minimum Gasteiger partial charge on any atom is -0.299 e. The molecule has 0 unspecified atom stereocenters. The molecule has 0 bridgehead atoms. The van der Waals surface area contributed by atoms with E-state index in [0.717, 1.165) is 13.1 Å². The molecular weight excluding hydrogens is 252 g/mol. The summed E-state index contributed by atoms with van der Waals surface area (Å²) in [6.07, 6.45) is 7.58. The van der Waals surface area contributed by atoms with Gasteiger partial charge < -0.3 is 0 Å². The highest BCUT2D eigenvalue weighted by atomic mass is 32.2. The molecule has 1 fully saturated rings. The fourth-order valence-corrected chi connectivity index (χ4v) is 3.75. The highest BCUT2D eigenvalue weighted by molar-refractivity contribution is 7.96. The number of rotatable bonds is 3. The summed E-state index contributed by atoms with van der Waals surface area (Å²) in [5.74, 6) is 0. The van der Waals surface area contributed by atoms with E-state index in [1.54, 1.807) is 5.56 Å². The van der Waals surface area contributed by atoms with E-state index >= 15 is 0 Å². The van der Waals surface area contributed by atoms with Crippen LogP contribution < -0.4 is 0 Å². The van der Waals surface area contributed by atoms with E-state index in [1.165, 1.54) is 56.4 Å². The van der Waals surface area contributed by atoms with Gasteiger partial charge in [0.25, 0.3) is 0 Å². The molecule has 0 spiro atoms. The Balaban J connectivity index is 1.67. The van der Waals surface area contributed by atoms with E-state index in [4.69, 9.17) is 0 Å².